The molecule has 2 N–H and O–H groups in total. The highest BCUT2D eigenvalue weighted by atomic mass is 16.4. The van der Waals surface area contributed by atoms with Crippen LogP contribution < -0.4 is 10.6 Å². The Morgan fingerprint density at radius 3 is 2.65 bits per heavy atom. The highest BCUT2D eigenvalue weighted by Gasteiger charge is 2.19. The van der Waals surface area contributed by atoms with Crippen LogP contribution in [-0.2, 0) is 18.5 Å². The third-order valence-corrected chi connectivity index (χ3v) is 3.17. The highest BCUT2D eigenvalue weighted by Crippen LogP contribution is 2.22. The van der Waals surface area contributed by atoms with E-state index in [1.165, 1.54) is 0 Å². The maximum Gasteiger partial charge on any atom is 0.213 e. The summed E-state index contributed by atoms with van der Waals surface area (Å²) in [6.07, 6.45) is 3.56. The zero-order chi connectivity index (χ0) is 16.7. The van der Waals surface area contributed by atoms with E-state index in [4.69, 9.17) is 4.42 Å². The molecular formula is C17H25N5O. The first-order valence-corrected chi connectivity index (χ1v) is 7.86. The molecule has 0 bridgehead atoms. The lowest BCUT2D eigenvalue weighted by Crippen LogP contribution is -2.36. The Balaban J connectivity index is 1.95. The molecule has 23 heavy (non-hydrogen) atoms. The third-order valence-electron chi connectivity index (χ3n) is 3.17. The Morgan fingerprint density at radius 2 is 2.04 bits per heavy atom. The van der Waals surface area contributed by atoms with Gasteiger partial charge in [0.15, 0.2) is 5.96 Å². The number of oxazole rings is 1. The van der Waals surface area contributed by atoms with Crippen LogP contribution in [0.15, 0.2) is 40.0 Å². The number of hydrogen-bond acceptors (Lipinski definition) is 4. The Bertz CT molecular complexity index is 628. The van der Waals surface area contributed by atoms with Crippen molar-refractivity contribution in [1.29, 1.82) is 0 Å². The molecular weight excluding hydrogens is 290 g/mol. The molecule has 0 unspecified atom stereocenters. The Hall–Kier alpha value is -2.37. The Kier molecular flexibility index (Phi) is 5.73. The molecule has 2 heterocycles. The van der Waals surface area contributed by atoms with Gasteiger partial charge in [0.25, 0.3) is 0 Å². The molecule has 0 fully saturated rings. The van der Waals surface area contributed by atoms with Gasteiger partial charge in [-0.1, -0.05) is 26.8 Å². The second-order valence-corrected chi connectivity index (χ2v) is 6.24. The molecule has 0 radical (unpaired) electrons. The smallest absolute Gasteiger partial charge is 0.213 e. The summed E-state index contributed by atoms with van der Waals surface area (Å²) < 4.78 is 5.77. The normalized spacial score (nSPS) is 12.3. The summed E-state index contributed by atoms with van der Waals surface area (Å²) in [5.74, 6) is 2.25. The minimum Gasteiger partial charge on any atom is -0.443 e. The van der Waals surface area contributed by atoms with Crippen molar-refractivity contribution in [2.75, 3.05) is 6.54 Å². The molecule has 2 rings (SSSR count). The number of nitrogens with zero attached hydrogens (tertiary/aromatic N) is 3. The van der Waals surface area contributed by atoms with E-state index < -0.39 is 0 Å². The average Bonchev–Trinajstić information content (AvgIpc) is 3.00. The van der Waals surface area contributed by atoms with Gasteiger partial charge in [-0.15, -0.1) is 0 Å². The first kappa shape index (κ1) is 17.0. The monoisotopic (exact) mass is 315 g/mol. The van der Waals surface area contributed by atoms with Crippen molar-refractivity contribution >= 4 is 5.96 Å². The third kappa shape index (κ3) is 5.39. The highest BCUT2D eigenvalue weighted by molar-refractivity contribution is 5.79. The average molecular weight is 315 g/mol. The molecule has 0 atom stereocenters. The quantitative estimate of drug-likeness (QED) is 0.655. The zero-order valence-electron chi connectivity index (χ0n) is 14.3. The lowest BCUT2D eigenvalue weighted by molar-refractivity contribution is 0.379. The molecule has 0 aliphatic rings. The molecule has 2 aromatic heterocycles. The molecule has 0 aromatic carbocycles. The van der Waals surface area contributed by atoms with Crippen molar-refractivity contribution in [2.24, 2.45) is 4.99 Å². The molecule has 6 nitrogen and oxygen atoms in total. The van der Waals surface area contributed by atoms with Crippen LogP contribution in [0.2, 0.25) is 0 Å². The maximum absolute atomic E-state index is 5.77. The van der Waals surface area contributed by atoms with Crippen LogP contribution in [0.25, 0.3) is 0 Å². The van der Waals surface area contributed by atoms with Crippen LogP contribution >= 0.6 is 0 Å². The second kappa shape index (κ2) is 7.76. The van der Waals surface area contributed by atoms with Crippen molar-refractivity contribution in [1.82, 2.24) is 20.6 Å². The van der Waals surface area contributed by atoms with Crippen molar-refractivity contribution in [3.63, 3.8) is 0 Å². The molecule has 6 heteroatoms. The van der Waals surface area contributed by atoms with Gasteiger partial charge in [-0.25, -0.2) is 9.98 Å². The van der Waals surface area contributed by atoms with E-state index >= 15 is 0 Å². The first-order valence-electron chi connectivity index (χ1n) is 7.86. The van der Waals surface area contributed by atoms with E-state index in [-0.39, 0.29) is 5.41 Å². The SMILES string of the molecule is CCNC(=NCc1ccccn1)NCc1ncc(C(C)(C)C)o1. The largest absolute Gasteiger partial charge is 0.443 e. The number of hydrogen-bond donors (Lipinski definition) is 2. The van der Waals surface area contributed by atoms with Crippen molar-refractivity contribution < 1.29 is 4.42 Å². The fourth-order valence-corrected chi connectivity index (χ4v) is 1.89. The van der Waals surface area contributed by atoms with E-state index in [2.05, 4.69) is 46.4 Å². The van der Waals surface area contributed by atoms with Crippen LogP contribution in [0.3, 0.4) is 0 Å². The van der Waals surface area contributed by atoms with Crippen LogP contribution in [0.4, 0.5) is 0 Å². The number of rotatable bonds is 5. The summed E-state index contributed by atoms with van der Waals surface area (Å²) in [6.45, 7) is 10.1. The van der Waals surface area contributed by atoms with E-state index in [0.29, 0.717) is 24.9 Å². The molecule has 124 valence electrons. The Labute approximate surface area is 137 Å². The second-order valence-electron chi connectivity index (χ2n) is 6.24. The predicted molar refractivity (Wildman–Crippen MR) is 91.1 cm³/mol. The summed E-state index contributed by atoms with van der Waals surface area (Å²) in [5.41, 5.74) is 0.888. The molecule has 2 aromatic rings. The minimum atomic E-state index is -0.0389. The number of aliphatic imine (C=N–C) groups is 1. The molecule has 0 saturated carbocycles. The summed E-state index contributed by atoms with van der Waals surface area (Å²) in [7, 11) is 0. The maximum atomic E-state index is 5.77. The van der Waals surface area contributed by atoms with Crippen molar-refractivity contribution in [3.8, 4) is 0 Å². The summed E-state index contributed by atoms with van der Waals surface area (Å²) in [4.78, 5) is 13.1. The van der Waals surface area contributed by atoms with Gasteiger partial charge in [-0.2, -0.15) is 0 Å². The van der Waals surface area contributed by atoms with Crippen molar-refractivity contribution in [3.05, 3.63) is 47.9 Å². The van der Waals surface area contributed by atoms with Crippen LogP contribution in [0, 0.1) is 0 Å². The van der Waals surface area contributed by atoms with Crippen molar-refractivity contribution in [2.45, 2.75) is 46.2 Å². The van der Waals surface area contributed by atoms with Gasteiger partial charge in [0.05, 0.1) is 25.0 Å². The number of guanidine groups is 1. The number of nitrogens with one attached hydrogen (secondary N) is 2. The van der Waals surface area contributed by atoms with Gasteiger partial charge in [0.1, 0.15) is 5.76 Å². The summed E-state index contributed by atoms with van der Waals surface area (Å²) in [5, 5.41) is 6.43. The number of pyridine rings is 1. The standard InChI is InChI=1S/C17H25N5O/c1-5-18-16(21-10-13-8-6-7-9-19-13)22-12-15-20-11-14(23-15)17(2,3)4/h6-9,11H,5,10,12H2,1-4H3,(H2,18,21,22). The fraction of sp³-hybridized carbons (Fsp3) is 0.471. The summed E-state index contributed by atoms with van der Waals surface area (Å²) >= 11 is 0. The van der Waals surface area contributed by atoms with Gasteiger partial charge >= 0.3 is 0 Å². The van der Waals surface area contributed by atoms with Crippen LogP contribution in [-0.4, -0.2) is 22.5 Å². The van der Waals surface area contributed by atoms with Crippen LogP contribution in [0.5, 0.6) is 0 Å². The minimum absolute atomic E-state index is 0.0389. The summed E-state index contributed by atoms with van der Waals surface area (Å²) in [6, 6.07) is 5.81. The zero-order valence-corrected chi connectivity index (χ0v) is 14.3. The topological polar surface area (TPSA) is 75.3 Å². The molecule has 0 aliphatic carbocycles. The van der Waals surface area contributed by atoms with E-state index in [0.717, 1.165) is 18.0 Å². The van der Waals surface area contributed by atoms with E-state index in [1.807, 2.05) is 25.1 Å². The van der Waals surface area contributed by atoms with Gasteiger partial charge in [-0.3, -0.25) is 4.98 Å². The van der Waals surface area contributed by atoms with Crippen LogP contribution in [0.1, 0.15) is 45.0 Å². The van der Waals surface area contributed by atoms with Gasteiger partial charge in [-0.05, 0) is 19.1 Å². The van der Waals surface area contributed by atoms with E-state index in [1.54, 1.807) is 12.4 Å². The lowest BCUT2D eigenvalue weighted by Gasteiger charge is -2.13. The molecule has 0 spiro atoms. The number of aromatic nitrogens is 2. The van der Waals surface area contributed by atoms with Gasteiger partial charge < -0.3 is 15.1 Å². The molecule has 0 amide bonds. The predicted octanol–water partition coefficient (Wildman–Crippen LogP) is 2.62. The Morgan fingerprint density at radius 1 is 1.22 bits per heavy atom. The lowest BCUT2D eigenvalue weighted by atomic mass is 9.94. The molecule has 0 saturated heterocycles. The fourth-order valence-electron chi connectivity index (χ4n) is 1.89. The van der Waals surface area contributed by atoms with E-state index in [9.17, 15) is 0 Å². The first-order chi connectivity index (χ1) is 11.0. The van der Waals surface area contributed by atoms with Gasteiger partial charge in [0, 0.05) is 18.2 Å². The molecule has 0 aliphatic heterocycles. The van der Waals surface area contributed by atoms with Gasteiger partial charge in [0.2, 0.25) is 5.89 Å².